The summed E-state index contributed by atoms with van der Waals surface area (Å²) in [6, 6.07) is 0. The Morgan fingerprint density at radius 1 is 0.950 bits per heavy atom. The smallest absolute Gasteiger partial charge is 0.201 e. The van der Waals surface area contributed by atoms with Crippen molar-refractivity contribution < 1.29 is 19.2 Å². The van der Waals surface area contributed by atoms with Gasteiger partial charge in [0.25, 0.3) is 0 Å². The third kappa shape index (κ3) is 1.57. The minimum absolute atomic E-state index is 0.219. The predicted octanol–water partition coefficient (Wildman–Crippen LogP) is 3.26. The summed E-state index contributed by atoms with van der Waals surface area (Å²) in [6.07, 6.45) is 4.41. The summed E-state index contributed by atoms with van der Waals surface area (Å²) in [7, 11) is 0. The van der Waals surface area contributed by atoms with Crippen molar-refractivity contribution in [1.82, 2.24) is 0 Å². The average Bonchev–Trinajstić information content (AvgIpc) is 2.63. The molecule has 1 aliphatic carbocycles. The lowest BCUT2D eigenvalue weighted by Crippen LogP contribution is -2.70. The minimum atomic E-state index is -0.641. The fourth-order valence-corrected chi connectivity index (χ4v) is 5.08. The van der Waals surface area contributed by atoms with E-state index in [9.17, 15) is 0 Å². The Balaban J connectivity index is 1.82. The molecule has 5 aliphatic rings. The molecule has 4 heterocycles. The largest absolute Gasteiger partial charge is 0.346 e. The summed E-state index contributed by atoms with van der Waals surface area (Å²) in [4.78, 5) is 11.8. The summed E-state index contributed by atoms with van der Waals surface area (Å²) in [5.41, 5.74) is -0.389. The first-order chi connectivity index (χ1) is 9.46. The molecule has 4 heteroatoms. The lowest BCUT2D eigenvalue weighted by Gasteiger charge is -2.60. The van der Waals surface area contributed by atoms with Crippen molar-refractivity contribution in [3.05, 3.63) is 0 Å². The number of hydrogen-bond donors (Lipinski definition) is 0. The first-order valence-electron chi connectivity index (χ1n) is 8.16. The second kappa shape index (κ2) is 4.19. The van der Waals surface area contributed by atoms with Crippen molar-refractivity contribution in [1.29, 1.82) is 0 Å². The number of hydrogen-bond acceptors (Lipinski definition) is 4. The Hall–Kier alpha value is -0.160. The molecule has 0 radical (unpaired) electrons. The van der Waals surface area contributed by atoms with Crippen LogP contribution in [0.4, 0.5) is 0 Å². The van der Waals surface area contributed by atoms with Crippen LogP contribution in [0.3, 0.4) is 0 Å². The zero-order chi connectivity index (χ0) is 14.1. The maximum Gasteiger partial charge on any atom is 0.201 e. The maximum atomic E-state index is 6.23. The summed E-state index contributed by atoms with van der Waals surface area (Å²) in [5.74, 6) is 1.44. The second-order valence-electron chi connectivity index (χ2n) is 7.61. The van der Waals surface area contributed by atoms with E-state index in [0.717, 1.165) is 12.8 Å². The van der Waals surface area contributed by atoms with Crippen molar-refractivity contribution in [2.75, 3.05) is 0 Å². The van der Waals surface area contributed by atoms with Crippen molar-refractivity contribution in [2.24, 2.45) is 23.7 Å². The quantitative estimate of drug-likeness (QED) is 0.639. The van der Waals surface area contributed by atoms with E-state index in [0.29, 0.717) is 23.7 Å². The molecular formula is C16H26O4. The molecule has 1 unspecified atom stereocenters. The molecule has 5 rings (SSSR count). The lowest BCUT2D eigenvalue weighted by atomic mass is 9.57. The fourth-order valence-electron chi connectivity index (χ4n) is 5.08. The molecule has 0 aromatic heterocycles. The van der Waals surface area contributed by atoms with E-state index in [1.54, 1.807) is 0 Å². The van der Waals surface area contributed by atoms with E-state index in [1.165, 1.54) is 12.8 Å². The van der Waals surface area contributed by atoms with E-state index in [2.05, 4.69) is 20.8 Å². The highest BCUT2D eigenvalue weighted by Gasteiger charge is 2.68. The van der Waals surface area contributed by atoms with Crippen molar-refractivity contribution in [3.63, 3.8) is 0 Å². The Labute approximate surface area is 121 Å². The van der Waals surface area contributed by atoms with E-state index in [1.807, 2.05) is 6.92 Å². The molecule has 4 nitrogen and oxygen atoms in total. The third-order valence-electron chi connectivity index (χ3n) is 6.49. The molecule has 4 saturated heterocycles. The van der Waals surface area contributed by atoms with E-state index in [-0.39, 0.29) is 18.0 Å². The zero-order valence-corrected chi connectivity index (χ0v) is 12.9. The van der Waals surface area contributed by atoms with Gasteiger partial charge >= 0.3 is 0 Å². The van der Waals surface area contributed by atoms with Gasteiger partial charge in [-0.05, 0) is 50.9 Å². The van der Waals surface area contributed by atoms with Crippen LogP contribution in [0.15, 0.2) is 0 Å². The molecule has 0 aromatic rings. The van der Waals surface area contributed by atoms with Crippen LogP contribution in [-0.4, -0.2) is 23.8 Å². The topological polar surface area (TPSA) is 36.9 Å². The van der Waals surface area contributed by atoms with Crippen molar-refractivity contribution in [2.45, 2.75) is 77.2 Å². The van der Waals surface area contributed by atoms with Gasteiger partial charge in [-0.3, -0.25) is 0 Å². The highest BCUT2D eigenvalue weighted by atomic mass is 17.3. The van der Waals surface area contributed by atoms with Crippen molar-refractivity contribution >= 4 is 0 Å². The summed E-state index contributed by atoms with van der Waals surface area (Å²) in [6.45, 7) is 8.77. The maximum absolute atomic E-state index is 6.23. The molecule has 5 fully saturated rings. The van der Waals surface area contributed by atoms with Crippen LogP contribution >= 0.6 is 0 Å². The number of fused-ring (bicyclic) bond motifs is 2. The summed E-state index contributed by atoms with van der Waals surface area (Å²) >= 11 is 0. The van der Waals surface area contributed by atoms with Crippen molar-refractivity contribution in [3.8, 4) is 0 Å². The number of ether oxygens (including phenoxy) is 2. The van der Waals surface area contributed by atoms with Gasteiger partial charge in [-0.15, -0.1) is 0 Å². The van der Waals surface area contributed by atoms with Gasteiger partial charge < -0.3 is 9.47 Å². The molecule has 1 saturated carbocycles. The van der Waals surface area contributed by atoms with Gasteiger partial charge in [0.05, 0.1) is 6.10 Å². The third-order valence-corrected chi connectivity index (χ3v) is 6.49. The first kappa shape index (κ1) is 13.5. The molecule has 114 valence electrons. The molecule has 20 heavy (non-hydrogen) atoms. The molecule has 0 N–H and O–H groups in total. The zero-order valence-electron chi connectivity index (χ0n) is 12.9. The highest BCUT2D eigenvalue weighted by Crippen LogP contribution is 2.60. The molecule has 0 amide bonds. The van der Waals surface area contributed by atoms with E-state index < -0.39 is 5.79 Å². The van der Waals surface area contributed by atoms with Crippen LogP contribution in [0.1, 0.15) is 53.4 Å². The Kier molecular flexibility index (Phi) is 2.83. The number of rotatable bonds is 0. The van der Waals surface area contributed by atoms with Gasteiger partial charge in [-0.25, -0.2) is 9.78 Å². The molecule has 1 spiro atoms. The normalized spacial score (nSPS) is 61.8. The van der Waals surface area contributed by atoms with Crippen LogP contribution in [0.2, 0.25) is 0 Å². The van der Waals surface area contributed by atoms with Crippen LogP contribution in [0.25, 0.3) is 0 Å². The standard InChI is InChI=1S/C16H26O4/c1-9-5-6-13-10(2)11(3)17-14-16(13)12(9)7-8-15(4,18-14)19-20-16/h9-14H,5-8H2,1-4H3/t9-,10+,11?,12+,13+,14-,15-,16-/m1/s1. The SMILES string of the molecule is CC1O[C@@H]2O[C@@]3(C)CC[C@H]4[C@H](C)CC[C@@H]([C@H]1C)[C@@]24OO3. The Bertz CT molecular complexity index is 409. The van der Waals surface area contributed by atoms with Crippen LogP contribution in [-0.2, 0) is 19.2 Å². The van der Waals surface area contributed by atoms with Gasteiger partial charge in [-0.1, -0.05) is 13.8 Å². The highest BCUT2D eigenvalue weighted by molar-refractivity contribution is 5.09. The van der Waals surface area contributed by atoms with Gasteiger partial charge in [0.2, 0.25) is 5.79 Å². The average molecular weight is 282 g/mol. The Morgan fingerprint density at radius 2 is 1.75 bits per heavy atom. The minimum Gasteiger partial charge on any atom is -0.346 e. The van der Waals surface area contributed by atoms with Gasteiger partial charge in [-0.2, -0.15) is 0 Å². The molecule has 0 aromatic carbocycles. The predicted molar refractivity (Wildman–Crippen MR) is 72.5 cm³/mol. The molecular weight excluding hydrogens is 256 g/mol. The van der Waals surface area contributed by atoms with Crippen LogP contribution in [0.5, 0.6) is 0 Å². The van der Waals surface area contributed by atoms with Gasteiger partial charge in [0.15, 0.2) is 11.9 Å². The Morgan fingerprint density at radius 3 is 2.55 bits per heavy atom. The van der Waals surface area contributed by atoms with Gasteiger partial charge in [0, 0.05) is 12.3 Å². The monoisotopic (exact) mass is 282 g/mol. The molecule has 8 atom stereocenters. The van der Waals surface area contributed by atoms with Gasteiger partial charge in [0.1, 0.15) is 0 Å². The lowest BCUT2D eigenvalue weighted by molar-refractivity contribution is -0.570. The van der Waals surface area contributed by atoms with E-state index >= 15 is 0 Å². The fraction of sp³-hybridized carbons (Fsp3) is 1.00. The van der Waals surface area contributed by atoms with Crippen LogP contribution in [0, 0.1) is 23.7 Å². The summed E-state index contributed by atoms with van der Waals surface area (Å²) < 4.78 is 12.5. The first-order valence-corrected chi connectivity index (χ1v) is 8.16. The summed E-state index contributed by atoms with van der Waals surface area (Å²) in [5, 5.41) is 0. The molecule has 2 bridgehead atoms. The van der Waals surface area contributed by atoms with E-state index in [4.69, 9.17) is 19.2 Å². The second-order valence-corrected chi connectivity index (χ2v) is 7.61. The van der Waals surface area contributed by atoms with Crippen LogP contribution < -0.4 is 0 Å². The molecule has 4 aliphatic heterocycles.